The Morgan fingerprint density at radius 1 is 1.03 bits per heavy atom. The topological polar surface area (TPSA) is 213 Å². The number of hydrogen-bond donors (Lipinski definition) is 5. The average Bonchev–Trinajstić information content (AvgIpc) is 3.22. The van der Waals surface area contributed by atoms with Crippen molar-refractivity contribution in [1.82, 2.24) is 24.7 Å². The molecule has 35 heavy (non-hydrogen) atoms. The molecule has 0 atom stereocenters. The number of pyridine rings is 1. The minimum atomic E-state index is -1.05. The molecule has 0 saturated heterocycles. The van der Waals surface area contributed by atoms with Crippen LogP contribution in [0.2, 0.25) is 0 Å². The van der Waals surface area contributed by atoms with Crippen LogP contribution in [0.5, 0.6) is 0 Å². The fourth-order valence-electron chi connectivity index (χ4n) is 3.40. The molecular formula is C20H21FN12O2. The number of nitrogens with zero attached hydrogens (tertiary/aromatic N) is 7. The summed E-state index contributed by atoms with van der Waals surface area (Å²) in [6.45, 7) is 0.0586. The molecule has 0 unspecified atom stereocenters. The van der Waals surface area contributed by atoms with Crippen LogP contribution >= 0.6 is 0 Å². The summed E-state index contributed by atoms with van der Waals surface area (Å²) in [5.74, 6) is 10.8. The molecule has 4 rings (SSSR count). The van der Waals surface area contributed by atoms with Crippen LogP contribution in [-0.2, 0) is 6.54 Å². The van der Waals surface area contributed by atoms with Gasteiger partial charge < -0.3 is 16.8 Å². The zero-order chi connectivity index (χ0) is 25.3. The van der Waals surface area contributed by atoms with Gasteiger partial charge in [-0.05, 0) is 18.2 Å². The number of urea groups is 2. The van der Waals surface area contributed by atoms with Crippen molar-refractivity contribution in [2.75, 3.05) is 22.4 Å². The number of anilines is 3. The molecule has 180 valence electrons. The number of nitrogens with two attached hydrogens (primary N) is 4. The third-order valence-corrected chi connectivity index (χ3v) is 5.05. The lowest BCUT2D eigenvalue weighted by Crippen LogP contribution is -2.45. The number of amides is 4. The van der Waals surface area contributed by atoms with Gasteiger partial charge in [0.25, 0.3) is 0 Å². The lowest BCUT2D eigenvalue weighted by atomic mass is 10.2. The van der Waals surface area contributed by atoms with Gasteiger partial charge in [-0.15, -0.1) is 0 Å². The highest BCUT2D eigenvalue weighted by Gasteiger charge is 2.27. The monoisotopic (exact) mass is 480 g/mol. The van der Waals surface area contributed by atoms with Crippen molar-refractivity contribution in [3.63, 3.8) is 0 Å². The van der Waals surface area contributed by atoms with Crippen LogP contribution in [0.25, 0.3) is 22.6 Å². The summed E-state index contributed by atoms with van der Waals surface area (Å²) < 4.78 is 15.8. The third-order valence-electron chi connectivity index (χ3n) is 5.05. The Labute approximate surface area is 197 Å². The molecule has 14 nitrogen and oxygen atoms in total. The van der Waals surface area contributed by atoms with Crippen molar-refractivity contribution in [2.45, 2.75) is 6.54 Å². The van der Waals surface area contributed by atoms with E-state index in [1.807, 2.05) is 0 Å². The predicted octanol–water partition coefficient (Wildman–Crippen LogP) is 0.635. The summed E-state index contributed by atoms with van der Waals surface area (Å²) in [7, 11) is 1.47. The van der Waals surface area contributed by atoms with E-state index in [-0.39, 0.29) is 35.4 Å². The highest BCUT2D eigenvalue weighted by Crippen LogP contribution is 2.35. The number of halogens is 1. The maximum absolute atomic E-state index is 14.3. The lowest BCUT2D eigenvalue weighted by molar-refractivity contribution is 0.253. The molecule has 0 saturated carbocycles. The summed E-state index contributed by atoms with van der Waals surface area (Å²) in [5, 5.41) is 8.86. The Morgan fingerprint density at radius 2 is 1.66 bits per heavy atom. The summed E-state index contributed by atoms with van der Waals surface area (Å²) in [6.07, 6.45) is 1.55. The van der Waals surface area contributed by atoms with Gasteiger partial charge in [0, 0.05) is 18.8 Å². The molecule has 4 aromatic rings. The van der Waals surface area contributed by atoms with E-state index in [1.165, 1.54) is 17.8 Å². The molecule has 3 heterocycles. The molecule has 15 heteroatoms. The van der Waals surface area contributed by atoms with E-state index in [2.05, 4.69) is 25.4 Å². The Morgan fingerprint density at radius 3 is 2.23 bits per heavy atom. The maximum atomic E-state index is 14.3. The van der Waals surface area contributed by atoms with Crippen LogP contribution in [-0.4, -0.2) is 43.8 Å². The van der Waals surface area contributed by atoms with Crippen LogP contribution < -0.4 is 38.5 Å². The largest absolute Gasteiger partial charge is 0.382 e. The van der Waals surface area contributed by atoms with Gasteiger partial charge in [0.15, 0.2) is 23.1 Å². The van der Waals surface area contributed by atoms with E-state index >= 15 is 0 Å². The molecule has 0 spiro atoms. The van der Waals surface area contributed by atoms with Gasteiger partial charge >= 0.3 is 12.1 Å². The number of carbonyl (C=O) groups is 2. The molecule has 3 aromatic heterocycles. The van der Waals surface area contributed by atoms with E-state index in [9.17, 15) is 14.0 Å². The summed E-state index contributed by atoms with van der Waals surface area (Å²) in [4.78, 5) is 36.7. The summed E-state index contributed by atoms with van der Waals surface area (Å²) in [5.41, 5.74) is 11.7. The van der Waals surface area contributed by atoms with E-state index in [1.54, 1.807) is 36.5 Å². The van der Waals surface area contributed by atoms with Gasteiger partial charge in [0.05, 0.1) is 11.9 Å². The molecule has 0 bridgehead atoms. The van der Waals surface area contributed by atoms with Crippen LogP contribution in [0.15, 0.2) is 42.6 Å². The second-order valence-corrected chi connectivity index (χ2v) is 7.21. The summed E-state index contributed by atoms with van der Waals surface area (Å²) >= 11 is 0. The van der Waals surface area contributed by atoms with Gasteiger partial charge in [-0.25, -0.2) is 55.3 Å². The van der Waals surface area contributed by atoms with E-state index in [0.717, 1.165) is 0 Å². The van der Waals surface area contributed by atoms with Crippen molar-refractivity contribution in [1.29, 1.82) is 0 Å². The first-order valence-corrected chi connectivity index (χ1v) is 10.1. The second kappa shape index (κ2) is 9.16. The number of benzene rings is 1. The lowest BCUT2D eigenvalue weighted by Gasteiger charge is -2.22. The summed E-state index contributed by atoms with van der Waals surface area (Å²) in [6, 6.07) is 7.54. The Balaban J connectivity index is 1.96. The number of nitrogens with one attached hydrogen (secondary N) is 1. The Bertz CT molecular complexity index is 1400. The quantitative estimate of drug-likeness (QED) is 0.148. The smallest absolute Gasteiger partial charge is 0.335 e. The van der Waals surface area contributed by atoms with Crippen molar-refractivity contribution < 1.29 is 14.0 Å². The van der Waals surface area contributed by atoms with Crippen LogP contribution in [0.1, 0.15) is 5.56 Å². The molecule has 9 N–H and O–H groups in total. The second-order valence-electron chi connectivity index (χ2n) is 7.21. The predicted molar refractivity (Wildman–Crippen MR) is 126 cm³/mol. The Hall–Kier alpha value is -4.89. The third kappa shape index (κ3) is 4.23. The SMILES string of the molecule is CNc1c(N(N)C(N)=O)nc(-c2nn(Cc3ccccc3F)c3ncccc23)nc1N(N)C(N)=O. The first-order valence-electron chi connectivity index (χ1n) is 10.1. The fourth-order valence-corrected chi connectivity index (χ4v) is 3.40. The number of aromatic nitrogens is 5. The number of primary amides is 2. The average molecular weight is 480 g/mol. The molecule has 0 aliphatic rings. The molecule has 0 fully saturated rings. The number of hydrogen-bond acceptors (Lipinski definition) is 9. The van der Waals surface area contributed by atoms with E-state index in [0.29, 0.717) is 26.6 Å². The van der Waals surface area contributed by atoms with Gasteiger partial charge in [-0.2, -0.15) is 5.10 Å². The van der Waals surface area contributed by atoms with Crippen LogP contribution in [0, 0.1) is 5.82 Å². The normalized spacial score (nSPS) is 10.9. The highest BCUT2D eigenvalue weighted by molar-refractivity contribution is 6.00. The molecular weight excluding hydrogens is 459 g/mol. The first kappa shape index (κ1) is 23.3. The standard InChI is InChI=1S/C20H21FN12O2/c1-26-14-17(32(24)19(22)34)28-15(29-18(14)33(25)20(23)35)13-11-6-4-8-27-16(11)31(30-13)9-10-5-2-3-7-12(10)21/h2-8,26H,9,24-25H2,1H3,(H2,22,34)(H2,23,35). The molecule has 0 aliphatic carbocycles. The zero-order valence-electron chi connectivity index (χ0n) is 18.4. The number of rotatable bonds is 6. The highest BCUT2D eigenvalue weighted by atomic mass is 19.1. The molecule has 0 aliphatic heterocycles. The van der Waals surface area contributed by atoms with E-state index in [4.69, 9.17) is 23.2 Å². The van der Waals surface area contributed by atoms with Crippen LogP contribution in [0.4, 0.5) is 31.3 Å². The maximum Gasteiger partial charge on any atom is 0.335 e. The van der Waals surface area contributed by atoms with Gasteiger partial charge in [0.1, 0.15) is 17.2 Å². The van der Waals surface area contributed by atoms with Crippen LogP contribution in [0.3, 0.4) is 0 Å². The number of fused-ring (bicyclic) bond motifs is 1. The molecule has 0 radical (unpaired) electrons. The van der Waals surface area contributed by atoms with Crippen molar-refractivity contribution in [3.05, 3.63) is 54.0 Å². The minimum Gasteiger partial charge on any atom is -0.382 e. The van der Waals surface area contributed by atoms with Gasteiger partial charge in [-0.3, -0.25) is 0 Å². The Kier molecular flexibility index (Phi) is 6.09. The van der Waals surface area contributed by atoms with Gasteiger partial charge in [0.2, 0.25) is 0 Å². The number of hydrazine groups is 2. The molecule has 1 aromatic carbocycles. The fraction of sp³-hybridized carbons (Fsp3) is 0.100. The van der Waals surface area contributed by atoms with Gasteiger partial charge in [-0.1, -0.05) is 18.2 Å². The number of carbonyl (C=O) groups excluding carboxylic acids is 2. The molecule has 4 amide bonds. The first-order chi connectivity index (χ1) is 16.7. The van der Waals surface area contributed by atoms with E-state index < -0.39 is 17.9 Å². The van der Waals surface area contributed by atoms with Crippen molar-refractivity contribution in [2.24, 2.45) is 23.2 Å². The minimum absolute atomic E-state index is 0.00423. The van der Waals surface area contributed by atoms with Crippen molar-refractivity contribution in [3.8, 4) is 11.5 Å². The zero-order valence-corrected chi connectivity index (χ0v) is 18.4. The van der Waals surface area contributed by atoms with Crippen molar-refractivity contribution >= 4 is 40.4 Å².